The van der Waals surface area contributed by atoms with Crippen LogP contribution in [0.4, 0.5) is 5.69 Å². The maximum atomic E-state index is 12.4. The first-order chi connectivity index (χ1) is 12.0. The topological polar surface area (TPSA) is 38.8 Å². The smallest absolute Gasteiger partial charge is 0.343 e. The third kappa shape index (κ3) is 3.34. The predicted molar refractivity (Wildman–Crippen MR) is 97.7 cm³/mol. The van der Waals surface area contributed by atoms with Gasteiger partial charge >= 0.3 is 5.97 Å². The van der Waals surface area contributed by atoms with Gasteiger partial charge in [0.25, 0.3) is 0 Å². The van der Waals surface area contributed by atoms with Gasteiger partial charge < -0.3 is 14.4 Å². The lowest BCUT2D eigenvalue weighted by atomic mass is 10.0. The largest absolute Gasteiger partial charge is 0.487 e. The molecule has 0 saturated carbocycles. The summed E-state index contributed by atoms with van der Waals surface area (Å²) in [4.78, 5) is 14.8. The molecule has 0 aliphatic carbocycles. The SMILES string of the molecule is CC1(C)Cc2cc(C(=O)Oc3ccc(N4CCCC4)cc3)ccc2O1. The zero-order valence-corrected chi connectivity index (χ0v) is 14.7. The van der Waals surface area contributed by atoms with Crippen molar-refractivity contribution in [1.29, 1.82) is 0 Å². The van der Waals surface area contributed by atoms with Crippen LogP contribution < -0.4 is 14.4 Å². The Morgan fingerprint density at radius 3 is 2.52 bits per heavy atom. The number of esters is 1. The number of carbonyl (C=O) groups is 1. The number of benzene rings is 2. The first-order valence-electron chi connectivity index (χ1n) is 8.89. The van der Waals surface area contributed by atoms with Crippen LogP contribution in [0.3, 0.4) is 0 Å². The minimum atomic E-state index is -0.332. The van der Waals surface area contributed by atoms with Gasteiger partial charge in [0.15, 0.2) is 0 Å². The number of hydrogen-bond acceptors (Lipinski definition) is 4. The predicted octanol–water partition coefficient (Wildman–Crippen LogP) is 4.22. The Hall–Kier alpha value is -2.49. The van der Waals surface area contributed by atoms with E-state index in [-0.39, 0.29) is 11.6 Å². The van der Waals surface area contributed by atoms with Crippen LogP contribution in [0.1, 0.15) is 42.6 Å². The number of rotatable bonds is 3. The van der Waals surface area contributed by atoms with Crippen molar-refractivity contribution in [2.75, 3.05) is 18.0 Å². The maximum Gasteiger partial charge on any atom is 0.343 e. The molecule has 0 unspecified atom stereocenters. The van der Waals surface area contributed by atoms with Crippen LogP contribution in [0, 0.1) is 0 Å². The van der Waals surface area contributed by atoms with Crippen molar-refractivity contribution < 1.29 is 14.3 Å². The van der Waals surface area contributed by atoms with E-state index in [2.05, 4.69) is 4.90 Å². The second-order valence-corrected chi connectivity index (χ2v) is 7.44. The summed E-state index contributed by atoms with van der Waals surface area (Å²) in [6.07, 6.45) is 3.29. The van der Waals surface area contributed by atoms with Crippen LogP contribution >= 0.6 is 0 Å². The van der Waals surface area contributed by atoms with Crippen LogP contribution in [0.5, 0.6) is 11.5 Å². The molecule has 0 spiro atoms. The van der Waals surface area contributed by atoms with Gasteiger partial charge in [-0.3, -0.25) is 0 Å². The molecule has 0 N–H and O–H groups in total. The van der Waals surface area contributed by atoms with Crippen LogP contribution in [0.2, 0.25) is 0 Å². The molecule has 130 valence electrons. The molecule has 25 heavy (non-hydrogen) atoms. The summed E-state index contributed by atoms with van der Waals surface area (Å²) in [5.74, 6) is 1.10. The van der Waals surface area contributed by atoms with Crippen molar-refractivity contribution in [1.82, 2.24) is 0 Å². The van der Waals surface area contributed by atoms with Gasteiger partial charge in [0.1, 0.15) is 17.1 Å². The third-order valence-corrected chi connectivity index (χ3v) is 4.82. The zero-order chi connectivity index (χ0) is 17.4. The molecule has 1 saturated heterocycles. The molecule has 2 aromatic rings. The first-order valence-corrected chi connectivity index (χ1v) is 8.89. The van der Waals surface area contributed by atoms with E-state index in [0.29, 0.717) is 11.3 Å². The normalized spacial score (nSPS) is 17.9. The quantitative estimate of drug-likeness (QED) is 0.621. The summed E-state index contributed by atoms with van der Waals surface area (Å²) < 4.78 is 11.4. The van der Waals surface area contributed by atoms with Gasteiger partial charge in [-0.25, -0.2) is 4.79 Å². The van der Waals surface area contributed by atoms with Gasteiger partial charge in [-0.15, -0.1) is 0 Å². The lowest BCUT2D eigenvalue weighted by Gasteiger charge is -2.17. The van der Waals surface area contributed by atoms with Crippen molar-refractivity contribution in [3.05, 3.63) is 53.6 Å². The number of carbonyl (C=O) groups excluding carboxylic acids is 1. The standard InChI is InChI=1S/C21H23NO3/c1-21(2)14-16-13-15(5-10-19(16)25-21)20(23)24-18-8-6-17(7-9-18)22-11-3-4-12-22/h5-10,13H,3-4,11-12,14H2,1-2H3. The highest BCUT2D eigenvalue weighted by atomic mass is 16.5. The van der Waals surface area contributed by atoms with Crippen LogP contribution in [0.25, 0.3) is 0 Å². The van der Waals surface area contributed by atoms with Crippen molar-refractivity contribution in [2.24, 2.45) is 0 Å². The van der Waals surface area contributed by atoms with Crippen molar-refractivity contribution in [3.63, 3.8) is 0 Å². The molecule has 4 nitrogen and oxygen atoms in total. The highest BCUT2D eigenvalue weighted by molar-refractivity contribution is 5.91. The summed E-state index contributed by atoms with van der Waals surface area (Å²) in [6.45, 7) is 6.30. The Bertz CT molecular complexity index is 789. The Morgan fingerprint density at radius 2 is 1.80 bits per heavy atom. The highest BCUT2D eigenvalue weighted by Crippen LogP contribution is 2.35. The van der Waals surface area contributed by atoms with Gasteiger partial charge in [0, 0.05) is 25.2 Å². The van der Waals surface area contributed by atoms with Gasteiger partial charge in [-0.2, -0.15) is 0 Å². The minimum absolute atomic E-state index is 0.212. The monoisotopic (exact) mass is 337 g/mol. The Labute approximate surface area is 148 Å². The number of fused-ring (bicyclic) bond motifs is 1. The highest BCUT2D eigenvalue weighted by Gasteiger charge is 2.30. The minimum Gasteiger partial charge on any atom is -0.487 e. The van der Waals surface area contributed by atoms with Gasteiger partial charge in [0.2, 0.25) is 0 Å². The second kappa shape index (κ2) is 6.10. The molecular formula is C21H23NO3. The van der Waals surface area contributed by atoms with Crippen LogP contribution in [-0.2, 0) is 6.42 Å². The molecule has 0 bridgehead atoms. The summed E-state index contributed by atoms with van der Waals surface area (Å²) in [5, 5.41) is 0. The average molecular weight is 337 g/mol. The molecule has 0 aromatic heterocycles. The molecule has 2 aliphatic heterocycles. The van der Waals surface area contributed by atoms with E-state index in [1.165, 1.54) is 18.5 Å². The maximum absolute atomic E-state index is 12.4. The molecule has 1 fully saturated rings. The molecule has 0 radical (unpaired) electrons. The fourth-order valence-electron chi connectivity index (χ4n) is 3.60. The van der Waals surface area contributed by atoms with Gasteiger partial charge in [-0.05, 0) is 74.7 Å². The lowest BCUT2D eigenvalue weighted by molar-refractivity contribution is 0.0734. The van der Waals surface area contributed by atoms with Crippen molar-refractivity contribution in [2.45, 2.75) is 38.7 Å². The molecule has 0 atom stereocenters. The van der Waals surface area contributed by atoms with E-state index in [1.54, 1.807) is 6.07 Å². The van der Waals surface area contributed by atoms with E-state index < -0.39 is 0 Å². The third-order valence-electron chi connectivity index (χ3n) is 4.82. The average Bonchev–Trinajstić information content (AvgIpc) is 3.20. The van der Waals surface area contributed by atoms with Crippen molar-refractivity contribution >= 4 is 11.7 Å². The second-order valence-electron chi connectivity index (χ2n) is 7.44. The molecular weight excluding hydrogens is 314 g/mol. The molecule has 0 amide bonds. The summed E-state index contributed by atoms with van der Waals surface area (Å²) >= 11 is 0. The van der Waals surface area contributed by atoms with Crippen molar-refractivity contribution in [3.8, 4) is 11.5 Å². The van der Waals surface area contributed by atoms with E-state index in [9.17, 15) is 4.79 Å². The summed E-state index contributed by atoms with van der Waals surface area (Å²) in [5.41, 5.74) is 2.60. The molecule has 4 heteroatoms. The number of ether oxygens (including phenoxy) is 2. The summed E-state index contributed by atoms with van der Waals surface area (Å²) in [6, 6.07) is 13.3. The Morgan fingerprint density at radius 1 is 1.08 bits per heavy atom. The first kappa shape index (κ1) is 16.0. The lowest BCUT2D eigenvalue weighted by Crippen LogP contribution is -2.24. The van der Waals surface area contributed by atoms with Crippen LogP contribution in [0.15, 0.2) is 42.5 Å². The summed E-state index contributed by atoms with van der Waals surface area (Å²) in [7, 11) is 0. The van der Waals surface area contributed by atoms with E-state index in [0.717, 1.165) is 30.8 Å². The molecule has 2 aliphatic rings. The van der Waals surface area contributed by atoms with Gasteiger partial charge in [0.05, 0.1) is 5.56 Å². The Balaban J connectivity index is 1.45. The van der Waals surface area contributed by atoms with Crippen LogP contribution in [-0.4, -0.2) is 24.7 Å². The van der Waals surface area contributed by atoms with E-state index in [1.807, 2.05) is 50.2 Å². The zero-order valence-electron chi connectivity index (χ0n) is 14.7. The van der Waals surface area contributed by atoms with E-state index >= 15 is 0 Å². The molecule has 4 rings (SSSR count). The number of anilines is 1. The van der Waals surface area contributed by atoms with Gasteiger partial charge in [-0.1, -0.05) is 0 Å². The number of hydrogen-bond donors (Lipinski definition) is 0. The fraction of sp³-hybridized carbons (Fsp3) is 0.381. The van der Waals surface area contributed by atoms with E-state index in [4.69, 9.17) is 9.47 Å². The molecule has 2 heterocycles. The number of nitrogens with zero attached hydrogens (tertiary/aromatic N) is 1. The molecule has 2 aromatic carbocycles. The Kier molecular flexibility index (Phi) is 3.91. The fourth-order valence-corrected chi connectivity index (χ4v) is 3.60.